The van der Waals surface area contributed by atoms with Crippen molar-refractivity contribution >= 4 is 28.0 Å². The van der Waals surface area contributed by atoms with Crippen molar-refractivity contribution in [1.29, 1.82) is 0 Å². The Morgan fingerprint density at radius 3 is 2.05 bits per heavy atom. The van der Waals surface area contributed by atoms with Gasteiger partial charge in [0, 0.05) is 12.5 Å². The molecule has 0 bridgehead atoms. The molecule has 0 spiro atoms. The number of hydrazone groups is 1. The fourth-order valence-corrected chi connectivity index (χ4v) is 14.1. The SMILES string of the molecule is CC(=O)C(=NN1[Si](C)(C)CCC[Si]1(C)C)c1ccccc1. The van der Waals surface area contributed by atoms with Crippen molar-refractivity contribution in [1.82, 2.24) is 4.34 Å². The van der Waals surface area contributed by atoms with Gasteiger partial charge in [-0.05, 0) is 12.1 Å². The molecule has 0 aliphatic carbocycles. The van der Waals surface area contributed by atoms with Crippen LogP contribution in [0.2, 0.25) is 38.3 Å². The molecule has 2 rings (SSSR count). The second-order valence-electron chi connectivity index (χ2n) is 7.16. The Kier molecular flexibility index (Phi) is 4.53. The van der Waals surface area contributed by atoms with Crippen LogP contribution in [0.25, 0.3) is 0 Å². The van der Waals surface area contributed by atoms with E-state index in [1.807, 2.05) is 30.3 Å². The maximum absolute atomic E-state index is 12.1. The highest BCUT2D eigenvalue weighted by atomic mass is 28.4. The van der Waals surface area contributed by atoms with Crippen molar-refractivity contribution in [3.05, 3.63) is 35.9 Å². The standard InChI is InChI=1S/C16H26N2OSi2/c1-14(19)16(15-10-7-6-8-11-15)17-18-20(2,3)12-9-13-21(18,4)5/h6-8,10-11H,9,12-13H2,1-5H3. The van der Waals surface area contributed by atoms with Gasteiger partial charge in [0.1, 0.15) is 5.71 Å². The van der Waals surface area contributed by atoms with Gasteiger partial charge < -0.3 is 4.34 Å². The van der Waals surface area contributed by atoms with Crippen LogP contribution in [0, 0.1) is 0 Å². The van der Waals surface area contributed by atoms with Gasteiger partial charge in [-0.15, -0.1) is 0 Å². The lowest BCUT2D eigenvalue weighted by molar-refractivity contribution is -0.111. The first kappa shape index (κ1) is 16.2. The van der Waals surface area contributed by atoms with E-state index in [0.29, 0.717) is 5.71 Å². The van der Waals surface area contributed by atoms with E-state index in [2.05, 4.69) is 30.5 Å². The first-order valence-corrected chi connectivity index (χ1v) is 14.0. The molecule has 3 nitrogen and oxygen atoms in total. The first-order valence-electron chi connectivity index (χ1n) is 7.69. The van der Waals surface area contributed by atoms with E-state index in [0.717, 1.165) is 5.56 Å². The van der Waals surface area contributed by atoms with Crippen LogP contribution in [0.5, 0.6) is 0 Å². The fraction of sp³-hybridized carbons (Fsp3) is 0.500. The van der Waals surface area contributed by atoms with Gasteiger partial charge in [-0.3, -0.25) is 4.79 Å². The van der Waals surface area contributed by atoms with E-state index < -0.39 is 16.5 Å². The lowest BCUT2D eigenvalue weighted by atomic mass is 10.1. The lowest BCUT2D eigenvalue weighted by Crippen LogP contribution is -2.62. The summed E-state index contributed by atoms with van der Waals surface area (Å²) in [5.74, 6) is 0.0568. The molecule has 0 N–H and O–H groups in total. The van der Waals surface area contributed by atoms with E-state index in [4.69, 9.17) is 5.10 Å². The topological polar surface area (TPSA) is 32.7 Å². The molecule has 0 amide bonds. The highest BCUT2D eigenvalue weighted by Crippen LogP contribution is 2.35. The molecule has 1 aromatic rings. The monoisotopic (exact) mass is 318 g/mol. The Morgan fingerprint density at radius 2 is 1.57 bits per heavy atom. The molecule has 0 saturated carbocycles. The third kappa shape index (κ3) is 3.52. The van der Waals surface area contributed by atoms with Crippen LogP contribution in [-0.4, -0.2) is 32.3 Å². The van der Waals surface area contributed by atoms with Crippen molar-refractivity contribution in [3.63, 3.8) is 0 Å². The van der Waals surface area contributed by atoms with Gasteiger partial charge in [-0.25, -0.2) is 0 Å². The molecule has 5 heteroatoms. The summed E-state index contributed by atoms with van der Waals surface area (Å²) in [6.07, 6.45) is 1.32. The number of nitrogens with zero attached hydrogens (tertiary/aromatic N) is 2. The quantitative estimate of drug-likeness (QED) is 0.621. The van der Waals surface area contributed by atoms with E-state index in [1.54, 1.807) is 6.92 Å². The summed E-state index contributed by atoms with van der Waals surface area (Å²) in [5, 5.41) is 4.93. The smallest absolute Gasteiger partial charge is 0.180 e. The number of hydrogen-bond acceptors (Lipinski definition) is 3. The van der Waals surface area contributed by atoms with Crippen LogP contribution >= 0.6 is 0 Å². The number of carbonyl (C=O) groups excluding carboxylic acids is 1. The van der Waals surface area contributed by atoms with Crippen molar-refractivity contribution in [3.8, 4) is 0 Å². The van der Waals surface area contributed by atoms with E-state index in [1.165, 1.54) is 18.5 Å². The molecule has 21 heavy (non-hydrogen) atoms. The summed E-state index contributed by atoms with van der Waals surface area (Å²) in [7, 11) is -3.08. The van der Waals surface area contributed by atoms with Crippen LogP contribution in [0.15, 0.2) is 35.4 Å². The molecule has 0 radical (unpaired) electrons. The summed E-state index contributed by atoms with van der Waals surface area (Å²) in [6.45, 7) is 11.2. The van der Waals surface area contributed by atoms with Crippen LogP contribution in [0.1, 0.15) is 18.9 Å². The van der Waals surface area contributed by atoms with Gasteiger partial charge in [0.15, 0.2) is 22.3 Å². The molecule has 1 aromatic carbocycles. The fourth-order valence-electron chi connectivity index (χ4n) is 3.28. The zero-order valence-electron chi connectivity index (χ0n) is 13.8. The Hall–Kier alpha value is -1.21. The molecule has 1 aliphatic heterocycles. The van der Waals surface area contributed by atoms with Crippen LogP contribution in [0.3, 0.4) is 0 Å². The summed E-state index contributed by atoms with van der Waals surface area (Å²) in [4.78, 5) is 12.1. The van der Waals surface area contributed by atoms with Gasteiger partial charge in [0.2, 0.25) is 0 Å². The van der Waals surface area contributed by atoms with Crippen LogP contribution < -0.4 is 0 Å². The van der Waals surface area contributed by atoms with Crippen molar-refractivity contribution in [2.45, 2.75) is 51.6 Å². The minimum absolute atomic E-state index is 0.0568. The summed E-state index contributed by atoms with van der Waals surface area (Å²) >= 11 is 0. The molecule has 114 valence electrons. The predicted molar refractivity (Wildman–Crippen MR) is 94.7 cm³/mol. The molecule has 1 saturated heterocycles. The van der Waals surface area contributed by atoms with Gasteiger partial charge >= 0.3 is 0 Å². The highest BCUT2D eigenvalue weighted by molar-refractivity contribution is 6.91. The molecule has 1 aliphatic rings. The lowest BCUT2D eigenvalue weighted by Gasteiger charge is -2.49. The second-order valence-corrected chi connectivity index (χ2v) is 16.7. The average molecular weight is 319 g/mol. The molecule has 0 unspecified atom stereocenters. The number of rotatable bonds is 3. The third-order valence-corrected chi connectivity index (χ3v) is 13.6. The van der Waals surface area contributed by atoms with Crippen LogP contribution in [0.4, 0.5) is 0 Å². The van der Waals surface area contributed by atoms with E-state index in [-0.39, 0.29) is 5.78 Å². The van der Waals surface area contributed by atoms with Crippen LogP contribution in [-0.2, 0) is 4.79 Å². The van der Waals surface area contributed by atoms with E-state index >= 15 is 0 Å². The number of carbonyl (C=O) groups is 1. The van der Waals surface area contributed by atoms with Crippen molar-refractivity contribution in [2.24, 2.45) is 5.10 Å². The van der Waals surface area contributed by atoms with Gasteiger partial charge in [0.05, 0.1) is 0 Å². The molecular formula is C16H26N2OSi2. The van der Waals surface area contributed by atoms with E-state index in [9.17, 15) is 4.79 Å². The van der Waals surface area contributed by atoms with Crippen molar-refractivity contribution in [2.75, 3.05) is 0 Å². The first-order chi connectivity index (χ1) is 9.74. The minimum atomic E-state index is -1.54. The van der Waals surface area contributed by atoms with Gasteiger partial charge in [-0.1, -0.05) is 62.9 Å². The molecule has 0 aromatic heterocycles. The zero-order valence-corrected chi connectivity index (χ0v) is 15.8. The number of benzene rings is 1. The van der Waals surface area contributed by atoms with Gasteiger partial charge in [-0.2, -0.15) is 5.10 Å². The maximum Gasteiger partial charge on any atom is 0.180 e. The normalized spacial score (nSPS) is 21.2. The average Bonchev–Trinajstić information content (AvgIpc) is 2.37. The Labute approximate surface area is 130 Å². The highest BCUT2D eigenvalue weighted by Gasteiger charge is 2.44. The Balaban J connectivity index is 2.48. The predicted octanol–water partition coefficient (Wildman–Crippen LogP) is 4.10. The number of hydrogen-bond donors (Lipinski definition) is 0. The molecule has 1 heterocycles. The van der Waals surface area contributed by atoms with Crippen molar-refractivity contribution < 1.29 is 4.79 Å². The number of ketones is 1. The molecule has 0 atom stereocenters. The molecular weight excluding hydrogens is 292 g/mol. The largest absolute Gasteiger partial charge is 0.349 e. The Morgan fingerprint density at radius 1 is 1.05 bits per heavy atom. The third-order valence-electron chi connectivity index (χ3n) is 4.30. The summed E-state index contributed by atoms with van der Waals surface area (Å²) in [6, 6.07) is 12.4. The zero-order chi connectivity index (χ0) is 15.7. The molecule has 1 fully saturated rings. The minimum Gasteiger partial charge on any atom is -0.349 e. The Bertz CT molecular complexity index is 537. The summed E-state index contributed by atoms with van der Waals surface area (Å²) in [5.41, 5.74) is 1.56. The number of Topliss-reactive ketones (excluding diaryl/α,β-unsaturated/α-hetero) is 1. The second kappa shape index (κ2) is 5.89. The van der Waals surface area contributed by atoms with Gasteiger partial charge in [0.25, 0.3) is 0 Å². The maximum atomic E-state index is 12.1. The summed E-state index contributed by atoms with van der Waals surface area (Å²) < 4.78 is 2.42.